The minimum absolute atomic E-state index is 0.410. The first-order valence-electron chi connectivity index (χ1n) is 10.5. The summed E-state index contributed by atoms with van der Waals surface area (Å²) < 4.78 is 11.6. The molecule has 0 aromatic carbocycles. The fourth-order valence-electron chi connectivity index (χ4n) is 3.91. The summed E-state index contributed by atoms with van der Waals surface area (Å²) in [6.07, 6.45) is 10.6. The van der Waals surface area contributed by atoms with Crippen molar-refractivity contribution >= 4 is 5.96 Å². The van der Waals surface area contributed by atoms with Crippen molar-refractivity contribution in [2.45, 2.75) is 58.0 Å². The Morgan fingerprint density at radius 1 is 1.30 bits per heavy atom. The molecule has 1 aliphatic carbocycles. The van der Waals surface area contributed by atoms with Gasteiger partial charge in [0.1, 0.15) is 5.76 Å². The lowest BCUT2D eigenvalue weighted by atomic mass is 10.1. The van der Waals surface area contributed by atoms with Crippen molar-refractivity contribution in [3.63, 3.8) is 0 Å². The molecule has 1 aromatic heterocycles. The maximum absolute atomic E-state index is 6.21. The van der Waals surface area contributed by atoms with Crippen LogP contribution in [0.5, 0.6) is 0 Å². The third-order valence-corrected chi connectivity index (χ3v) is 5.52. The van der Waals surface area contributed by atoms with Crippen molar-refractivity contribution in [1.29, 1.82) is 0 Å². The highest BCUT2D eigenvalue weighted by Gasteiger charge is 2.24. The van der Waals surface area contributed by atoms with E-state index in [1.165, 1.54) is 25.7 Å². The molecule has 1 aromatic rings. The maximum atomic E-state index is 6.21. The van der Waals surface area contributed by atoms with Gasteiger partial charge in [-0.15, -0.1) is 0 Å². The number of rotatable bonds is 8. The number of hydrogen-bond acceptors (Lipinski definition) is 3. The second-order valence-corrected chi connectivity index (χ2v) is 8.02. The number of hydrogen-bond donors (Lipinski definition) is 1. The van der Waals surface area contributed by atoms with Gasteiger partial charge in [0.2, 0.25) is 0 Å². The van der Waals surface area contributed by atoms with Gasteiger partial charge in [-0.2, -0.15) is 0 Å². The van der Waals surface area contributed by atoms with Gasteiger partial charge in [0.15, 0.2) is 5.96 Å². The number of ether oxygens (including phenoxy) is 1. The van der Waals surface area contributed by atoms with Crippen LogP contribution in [0, 0.1) is 5.92 Å². The third-order valence-electron chi connectivity index (χ3n) is 5.52. The smallest absolute Gasteiger partial charge is 0.194 e. The molecule has 5 nitrogen and oxygen atoms in total. The molecular formula is C22H35N3O2. The van der Waals surface area contributed by atoms with Gasteiger partial charge in [0, 0.05) is 32.7 Å². The van der Waals surface area contributed by atoms with E-state index in [1.807, 2.05) is 19.1 Å². The van der Waals surface area contributed by atoms with Crippen molar-refractivity contribution < 1.29 is 9.15 Å². The van der Waals surface area contributed by atoms with Gasteiger partial charge >= 0.3 is 0 Å². The van der Waals surface area contributed by atoms with E-state index in [0.29, 0.717) is 12.6 Å². The molecule has 0 amide bonds. The Hall–Kier alpha value is -1.75. The lowest BCUT2D eigenvalue weighted by molar-refractivity contribution is 0.00101. The first-order valence-corrected chi connectivity index (χ1v) is 10.5. The van der Waals surface area contributed by atoms with Crippen LogP contribution in [0.3, 0.4) is 0 Å². The summed E-state index contributed by atoms with van der Waals surface area (Å²) >= 11 is 0. The average Bonchev–Trinajstić information content (AvgIpc) is 3.37. The van der Waals surface area contributed by atoms with E-state index in [1.54, 1.807) is 6.26 Å². The van der Waals surface area contributed by atoms with Gasteiger partial charge in [-0.1, -0.05) is 25.0 Å². The van der Waals surface area contributed by atoms with E-state index in [4.69, 9.17) is 14.1 Å². The van der Waals surface area contributed by atoms with E-state index < -0.39 is 0 Å². The van der Waals surface area contributed by atoms with Crippen LogP contribution in [0.2, 0.25) is 0 Å². The normalized spacial score (nSPS) is 19.6. The van der Waals surface area contributed by atoms with E-state index in [2.05, 4.69) is 16.8 Å². The molecule has 0 atom stereocenters. The molecule has 0 spiro atoms. The number of likely N-dealkylation sites (tertiary alicyclic amines) is 1. The number of nitrogens with zero attached hydrogens (tertiary/aromatic N) is 2. The summed E-state index contributed by atoms with van der Waals surface area (Å²) in [5, 5.41) is 3.51. The van der Waals surface area contributed by atoms with E-state index in [-0.39, 0.29) is 0 Å². The molecule has 0 radical (unpaired) electrons. The van der Waals surface area contributed by atoms with Crippen molar-refractivity contribution in [1.82, 2.24) is 10.2 Å². The molecule has 27 heavy (non-hydrogen) atoms. The quantitative estimate of drug-likeness (QED) is 0.425. The van der Waals surface area contributed by atoms with Crippen molar-refractivity contribution in [3.8, 4) is 0 Å². The first kappa shape index (κ1) is 20.0. The zero-order valence-corrected chi connectivity index (χ0v) is 16.8. The van der Waals surface area contributed by atoms with Crippen LogP contribution in [0.1, 0.15) is 51.2 Å². The Labute approximate surface area is 163 Å². The molecule has 1 saturated heterocycles. The fourth-order valence-corrected chi connectivity index (χ4v) is 3.91. The minimum atomic E-state index is 0.410. The monoisotopic (exact) mass is 373 g/mol. The predicted octanol–water partition coefficient (Wildman–Crippen LogP) is 4.02. The summed E-state index contributed by atoms with van der Waals surface area (Å²) in [5.41, 5.74) is 1.08. The largest absolute Gasteiger partial charge is 0.469 e. The topological polar surface area (TPSA) is 50.0 Å². The molecule has 2 aliphatic rings. The Balaban J connectivity index is 1.44. The SMILES string of the molecule is C=C(C)CN=C(NCCc1ccco1)N1CCC(OCC2CCCC2)CC1. The number of nitrogens with one attached hydrogen (secondary N) is 1. The van der Waals surface area contributed by atoms with Crippen molar-refractivity contribution in [2.24, 2.45) is 10.9 Å². The van der Waals surface area contributed by atoms with E-state index in [0.717, 1.165) is 68.7 Å². The fraction of sp³-hybridized carbons (Fsp3) is 0.682. The molecule has 0 unspecified atom stereocenters. The van der Waals surface area contributed by atoms with Gasteiger partial charge in [-0.05, 0) is 50.7 Å². The highest BCUT2D eigenvalue weighted by Crippen LogP contribution is 2.26. The predicted molar refractivity (Wildman–Crippen MR) is 110 cm³/mol. The summed E-state index contributed by atoms with van der Waals surface area (Å²) in [6, 6.07) is 3.95. The standard InChI is InChI=1S/C22H35N3O2/c1-18(2)16-24-22(23-12-9-20-8-5-15-26-20)25-13-10-21(11-14-25)27-17-19-6-3-4-7-19/h5,8,15,19,21H,1,3-4,6-7,9-14,16-17H2,2H3,(H,23,24). The van der Waals surface area contributed by atoms with Gasteiger partial charge in [0.05, 0.1) is 18.9 Å². The zero-order valence-electron chi connectivity index (χ0n) is 16.8. The minimum Gasteiger partial charge on any atom is -0.469 e. The summed E-state index contributed by atoms with van der Waals surface area (Å²) in [6.45, 7) is 10.4. The number of guanidine groups is 1. The maximum Gasteiger partial charge on any atom is 0.194 e. The molecule has 5 heteroatoms. The Morgan fingerprint density at radius 2 is 2.07 bits per heavy atom. The second kappa shape index (κ2) is 10.5. The summed E-state index contributed by atoms with van der Waals surface area (Å²) in [5.74, 6) is 2.79. The molecule has 1 aliphatic heterocycles. The zero-order chi connectivity index (χ0) is 18.9. The van der Waals surface area contributed by atoms with Gasteiger partial charge in [0.25, 0.3) is 0 Å². The van der Waals surface area contributed by atoms with Crippen molar-refractivity contribution in [3.05, 3.63) is 36.3 Å². The Bertz CT molecular complexity index is 583. The van der Waals surface area contributed by atoms with Crippen LogP contribution in [0.15, 0.2) is 40.0 Å². The van der Waals surface area contributed by atoms with Gasteiger partial charge in [-0.3, -0.25) is 0 Å². The highest BCUT2D eigenvalue weighted by atomic mass is 16.5. The van der Waals surface area contributed by atoms with Crippen LogP contribution in [-0.4, -0.2) is 49.7 Å². The van der Waals surface area contributed by atoms with Crippen LogP contribution < -0.4 is 5.32 Å². The highest BCUT2D eigenvalue weighted by molar-refractivity contribution is 5.80. The molecule has 3 rings (SSSR count). The van der Waals surface area contributed by atoms with Gasteiger partial charge in [-0.25, -0.2) is 4.99 Å². The lowest BCUT2D eigenvalue weighted by Crippen LogP contribution is -2.47. The lowest BCUT2D eigenvalue weighted by Gasteiger charge is -2.34. The second-order valence-electron chi connectivity index (χ2n) is 8.02. The first-order chi connectivity index (χ1) is 13.2. The number of furan rings is 1. The van der Waals surface area contributed by atoms with Gasteiger partial charge < -0.3 is 19.4 Å². The van der Waals surface area contributed by atoms with Crippen LogP contribution in [-0.2, 0) is 11.2 Å². The third kappa shape index (κ3) is 6.73. The van der Waals surface area contributed by atoms with E-state index >= 15 is 0 Å². The molecule has 2 heterocycles. The summed E-state index contributed by atoms with van der Waals surface area (Å²) in [7, 11) is 0. The number of aliphatic imine (C=N–C) groups is 1. The van der Waals surface area contributed by atoms with Crippen LogP contribution in [0.4, 0.5) is 0 Å². The molecule has 1 N–H and O–H groups in total. The van der Waals surface area contributed by atoms with Crippen LogP contribution >= 0.6 is 0 Å². The Morgan fingerprint density at radius 3 is 2.74 bits per heavy atom. The molecule has 150 valence electrons. The number of piperidine rings is 1. The molecule has 2 fully saturated rings. The van der Waals surface area contributed by atoms with Crippen molar-refractivity contribution in [2.75, 3.05) is 32.8 Å². The molecule has 1 saturated carbocycles. The average molecular weight is 374 g/mol. The Kier molecular flexibility index (Phi) is 7.81. The molecule has 0 bridgehead atoms. The van der Waals surface area contributed by atoms with E-state index in [9.17, 15) is 0 Å². The molecular weight excluding hydrogens is 338 g/mol. The summed E-state index contributed by atoms with van der Waals surface area (Å²) in [4.78, 5) is 7.12. The van der Waals surface area contributed by atoms with Crippen LogP contribution in [0.25, 0.3) is 0 Å².